The quantitative estimate of drug-likeness (QED) is 0.762. The average molecular weight is 216 g/mol. The van der Waals surface area contributed by atoms with Crippen molar-refractivity contribution >= 4 is 11.6 Å². The average Bonchev–Trinajstić information content (AvgIpc) is 2.15. The van der Waals surface area contributed by atoms with E-state index in [0.29, 0.717) is 12.4 Å². The van der Waals surface area contributed by atoms with Gasteiger partial charge in [0.15, 0.2) is 0 Å². The van der Waals surface area contributed by atoms with Crippen LogP contribution in [0.1, 0.15) is 19.4 Å². The van der Waals surface area contributed by atoms with E-state index < -0.39 is 0 Å². The molecule has 3 heteroatoms. The second-order valence-corrected chi connectivity index (χ2v) is 4.27. The zero-order valence-electron chi connectivity index (χ0n) is 8.48. The first-order valence-corrected chi connectivity index (χ1v) is 5.12. The van der Waals surface area contributed by atoms with Crippen molar-refractivity contribution in [3.8, 4) is 0 Å². The molecule has 0 saturated carbocycles. The summed E-state index contributed by atoms with van der Waals surface area (Å²) in [4.78, 5) is 0. The fraction of sp³-hybridized carbons (Fsp3) is 0.455. The SMILES string of the molecule is CC(C)(CCl)NCc1cccc(F)c1. The van der Waals surface area contributed by atoms with Crippen molar-refractivity contribution in [1.29, 1.82) is 0 Å². The molecule has 1 aromatic carbocycles. The van der Waals surface area contributed by atoms with Crippen LogP contribution in [-0.2, 0) is 6.54 Å². The Morgan fingerprint density at radius 2 is 2.14 bits per heavy atom. The minimum Gasteiger partial charge on any atom is -0.307 e. The molecule has 0 aromatic heterocycles. The van der Waals surface area contributed by atoms with Crippen LogP contribution in [0.2, 0.25) is 0 Å². The van der Waals surface area contributed by atoms with E-state index in [4.69, 9.17) is 11.6 Å². The number of benzene rings is 1. The maximum atomic E-state index is 12.8. The molecule has 1 aromatic rings. The molecule has 0 aliphatic rings. The summed E-state index contributed by atoms with van der Waals surface area (Å²) in [5.41, 5.74) is 0.816. The molecule has 0 unspecified atom stereocenters. The smallest absolute Gasteiger partial charge is 0.123 e. The normalized spacial score (nSPS) is 11.7. The number of hydrogen-bond donors (Lipinski definition) is 1. The summed E-state index contributed by atoms with van der Waals surface area (Å²) in [6.07, 6.45) is 0. The Morgan fingerprint density at radius 1 is 1.43 bits per heavy atom. The summed E-state index contributed by atoms with van der Waals surface area (Å²) in [5.74, 6) is 0.329. The van der Waals surface area contributed by atoms with Crippen LogP contribution >= 0.6 is 11.6 Å². The minimum atomic E-state index is -0.201. The Morgan fingerprint density at radius 3 is 2.71 bits per heavy atom. The Bertz CT molecular complexity index is 299. The standard InChI is InChI=1S/C11H15ClFN/c1-11(2,8-12)14-7-9-4-3-5-10(13)6-9/h3-6,14H,7-8H2,1-2H3. The van der Waals surface area contributed by atoms with E-state index in [9.17, 15) is 4.39 Å². The molecule has 14 heavy (non-hydrogen) atoms. The molecule has 0 amide bonds. The van der Waals surface area contributed by atoms with E-state index in [-0.39, 0.29) is 11.4 Å². The molecule has 1 N–H and O–H groups in total. The van der Waals surface area contributed by atoms with Crippen LogP contribution in [0.3, 0.4) is 0 Å². The summed E-state index contributed by atoms with van der Waals surface area (Å²) >= 11 is 5.75. The van der Waals surface area contributed by atoms with Crippen molar-refractivity contribution in [2.45, 2.75) is 25.9 Å². The van der Waals surface area contributed by atoms with E-state index >= 15 is 0 Å². The first-order chi connectivity index (χ1) is 6.53. The third-order valence-corrected chi connectivity index (χ3v) is 2.66. The molecule has 0 saturated heterocycles. The Balaban J connectivity index is 2.54. The molecule has 0 atom stereocenters. The number of alkyl halides is 1. The highest BCUT2D eigenvalue weighted by molar-refractivity contribution is 6.18. The van der Waals surface area contributed by atoms with E-state index in [0.717, 1.165) is 5.56 Å². The Labute approximate surface area is 89.3 Å². The lowest BCUT2D eigenvalue weighted by Gasteiger charge is -2.23. The van der Waals surface area contributed by atoms with Crippen LogP contribution in [0.5, 0.6) is 0 Å². The number of halogens is 2. The third-order valence-electron chi connectivity index (χ3n) is 1.99. The molecule has 0 radical (unpaired) electrons. The maximum Gasteiger partial charge on any atom is 0.123 e. The van der Waals surface area contributed by atoms with E-state index in [1.165, 1.54) is 12.1 Å². The monoisotopic (exact) mass is 215 g/mol. The highest BCUT2D eigenvalue weighted by Crippen LogP contribution is 2.08. The molecule has 1 nitrogen and oxygen atoms in total. The van der Waals surface area contributed by atoms with Crippen molar-refractivity contribution < 1.29 is 4.39 Å². The lowest BCUT2D eigenvalue weighted by Crippen LogP contribution is -2.40. The first-order valence-electron chi connectivity index (χ1n) is 4.59. The minimum absolute atomic E-state index is 0.117. The van der Waals surface area contributed by atoms with Gasteiger partial charge in [0, 0.05) is 18.0 Å². The van der Waals surface area contributed by atoms with Gasteiger partial charge in [0.1, 0.15) is 5.82 Å². The molecular formula is C11H15ClFN. The van der Waals surface area contributed by atoms with Crippen LogP contribution in [0.15, 0.2) is 24.3 Å². The zero-order valence-corrected chi connectivity index (χ0v) is 9.24. The summed E-state index contributed by atoms with van der Waals surface area (Å²) in [6, 6.07) is 6.56. The van der Waals surface area contributed by atoms with E-state index in [2.05, 4.69) is 5.32 Å². The predicted octanol–water partition coefficient (Wildman–Crippen LogP) is 2.93. The molecule has 78 valence electrons. The lowest BCUT2D eigenvalue weighted by molar-refractivity contribution is 0.429. The van der Waals surface area contributed by atoms with Crippen LogP contribution in [0.4, 0.5) is 4.39 Å². The summed E-state index contributed by atoms with van der Waals surface area (Å²) < 4.78 is 12.8. The van der Waals surface area contributed by atoms with Gasteiger partial charge >= 0.3 is 0 Å². The van der Waals surface area contributed by atoms with Crippen molar-refractivity contribution in [3.63, 3.8) is 0 Å². The van der Waals surface area contributed by atoms with E-state index in [1.807, 2.05) is 19.9 Å². The number of hydrogen-bond acceptors (Lipinski definition) is 1. The molecule has 0 aliphatic heterocycles. The third kappa shape index (κ3) is 3.64. The molecule has 0 heterocycles. The highest BCUT2D eigenvalue weighted by Gasteiger charge is 2.14. The number of nitrogens with one attached hydrogen (secondary N) is 1. The van der Waals surface area contributed by atoms with E-state index in [1.54, 1.807) is 6.07 Å². The fourth-order valence-electron chi connectivity index (χ4n) is 1.04. The van der Waals surface area contributed by atoms with Gasteiger partial charge in [-0.05, 0) is 31.5 Å². The zero-order chi connectivity index (χ0) is 10.6. The van der Waals surface area contributed by atoms with Gasteiger partial charge < -0.3 is 5.32 Å². The van der Waals surface area contributed by atoms with Gasteiger partial charge in [0.25, 0.3) is 0 Å². The van der Waals surface area contributed by atoms with Gasteiger partial charge in [-0.15, -0.1) is 11.6 Å². The van der Waals surface area contributed by atoms with Gasteiger partial charge in [-0.3, -0.25) is 0 Å². The van der Waals surface area contributed by atoms with Crippen molar-refractivity contribution in [1.82, 2.24) is 5.32 Å². The predicted molar refractivity (Wildman–Crippen MR) is 58.0 cm³/mol. The van der Waals surface area contributed by atoms with Crippen LogP contribution in [-0.4, -0.2) is 11.4 Å². The highest BCUT2D eigenvalue weighted by atomic mass is 35.5. The van der Waals surface area contributed by atoms with Gasteiger partial charge in [-0.2, -0.15) is 0 Å². The van der Waals surface area contributed by atoms with Crippen LogP contribution in [0.25, 0.3) is 0 Å². The Kier molecular flexibility index (Phi) is 3.90. The molecule has 0 fully saturated rings. The maximum absolute atomic E-state index is 12.8. The van der Waals surface area contributed by atoms with Crippen molar-refractivity contribution in [3.05, 3.63) is 35.6 Å². The fourth-order valence-corrected chi connectivity index (χ4v) is 1.13. The topological polar surface area (TPSA) is 12.0 Å². The molecule has 0 spiro atoms. The first kappa shape index (κ1) is 11.5. The molecule has 0 bridgehead atoms. The summed E-state index contributed by atoms with van der Waals surface area (Å²) in [6.45, 7) is 4.66. The van der Waals surface area contributed by atoms with Crippen molar-refractivity contribution in [2.24, 2.45) is 0 Å². The number of rotatable bonds is 4. The molecule has 0 aliphatic carbocycles. The largest absolute Gasteiger partial charge is 0.307 e. The summed E-state index contributed by atoms with van der Waals surface area (Å²) in [7, 11) is 0. The van der Waals surface area contributed by atoms with Gasteiger partial charge in [-0.1, -0.05) is 12.1 Å². The second-order valence-electron chi connectivity index (χ2n) is 4.00. The second kappa shape index (κ2) is 4.76. The van der Waals surface area contributed by atoms with Crippen molar-refractivity contribution in [2.75, 3.05) is 5.88 Å². The lowest BCUT2D eigenvalue weighted by atomic mass is 10.1. The van der Waals surface area contributed by atoms with Gasteiger partial charge in [0.05, 0.1) is 0 Å². The molecular weight excluding hydrogens is 201 g/mol. The van der Waals surface area contributed by atoms with Crippen LogP contribution in [0, 0.1) is 5.82 Å². The van der Waals surface area contributed by atoms with Gasteiger partial charge in [-0.25, -0.2) is 4.39 Å². The summed E-state index contributed by atoms with van der Waals surface area (Å²) in [5, 5.41) is 3.25. The van der Waals surface area contributed by atoms with Crippen LogP contribution < -0.4 is 5.32 Å². The Hall–Kier alpha value is -0.600. The molecule has 1 rings (SSSR count). The van der Waals surface area contributed by atoms with Gasteiger partial charge in [0.2, 0.25) is 0 Å².